The van der Waals surface area contributed by atoms with Crippen LogP contribution in [0.4, 0.5) is 5.69 Å². The Bertz CT molecular complexity index is 1530. The van der Waals surface area contributed by atoms with E-state index >= 15 is 0 Å². The first-order valence-electron chi connectivity index (χ1n) is 13.3. The number of rotatable bonds is 7. The molecular formula is C32H35N5OS. The number of nitrogens with one attached hydrogen (secondary N) is 2. The second kappa shape index (κ2) is 11.0. The number of hydrogen-bond donors (Lipinski definition) is 2. The Morgan fingerprint density at radius 3 is 2.51 bits per heavy atom. The Morgan fingerprint density at radius 1 is 0.974 bits per heavy atom. The maximum absolute atomic E-state index is 13.1. The number of carbonyl (C=O) groups is 1. The van der Waals surface area contributed by atoms with Crippen LogP contribution >= 0.6 is 12.2 Å². The highest BCUT2D eigenvalue weighted by Crippen LogP contribution is 2.41. The molecule has 0 aliphatic carbocycles. The molecule has 0 spiro atoms. The average molecular weight is 538 g/mol. The molecule has 0 saturated carbocycles. The fourth-order valence-electron chi connectivity index (χ4n) is 5.54. The number of anilines is 1. The topological polar surface area (TPSA) is 62.2 Å². The van der Waals surface area contributed by atoms with Crippen LogP contribution in [-0.2, 0) is 4.79 Å². The summed E-state index contributed by atoms with van der Waals surface area (Å²) in [5, 5.41) is 7.25. The third kappa shape index (κ3) is 5.45. The molecule has 0 radical (unpaired) electrons. The summed E-state index contributed by atoms with van der Waals surface area (Å²) in [7, 11) is 0. The van der Waals surface area contributed by atoms with Gasteiger partial charge in [-0.2, -0.15) is 0 Å². The lowest BCUT2D eigenvalue weighted by atomic mass is 9.96. The molecule has 2 aromatic heterocycles. The molecule has 1 aliphatic heterocycles. The summed E-state index contributed by atoms with van der Waals surface area (Å²) in [6, 6.07) is 22.6. The molecule has 1 fully saturated rings. The number of carbonyl (C=O) groups excluding carboxylic acids is 1. The van der Waals surface area contributed by atoms with Gasteiger partial charge in [-0.15, -0.1) is 0 Å². The van der Waals surface area contributed by atoms with Crippen LogP contribution in [0.3, 0.4) is 0 Å². The van der Waals surface area contributed by atoms with E-state index < -0.39 is 0 Å². The normalized spacial score (nSPS) is 16.8. The zero-order valence-electron chi connectivity index (χ0n) is 23.2. The first-order valence-corrected chi connectivity index (χ1v) is 13.7. The van der Waals surface area contributed by atoms with Crippen molar-refractivity contribution in [3.8, 4) is 5.69 Å². The largest absolute Gasteiger partial charge is 0.352 e. The maximum Gasteiger partial charge on any atom is 0.226 e. The number of pyridine rings is 1. The van der Waals surface area contributed by atoms with E-state index in [1.54, 1.807) is 0 Å². The minimum absolute atomic E-state index is 0.0308. The Hall–Kier alpha value is -3.97. The molecule has 1 aliphatic rings. The first-order chi connectivity index (χ1) is 18.7. The summed E-state index contributed by atoms with van der Waals surface area (Å²) < 4.78 is 2.30. The minimum atomic E-state index is -0.132. The maximum atomic E-state index is 13.1. The van der Waals surface area contributed by atoms with Gasteiger partial charge in [-0.1, -0.05) is 30.3 Å². The SMILES string of the molecule is Cc1cccc(-n2c(C)cc([C@H]3[C@@H](c4ccccn4)NC(=S)N3CCC(=O)Nc3cc(C)ccc3C)c2C)c1. The zero-order valence-corrected chi connectivity index (χ0v) is 24.0. The van der Waals surface area contributed by atoms with Crippen LogP contribution in [0.1, 0.15) is 57.8 Å². The van der Waals surface area contributed by atoms with E-state index in [-0.39, 0.29) is 18.0 Å². The number of benzene rings is 2. The van der Waals surface area contributed by atoms with Gasteiger partial charge < -0.3 is 20.1 Å². The summed E-state index contributed by atoms with van der Waals surface area (Å²) in [5.41, 5.74) is 9.77. The molecule has 0 unspecified atom stereocenters. The summed E-state index contributed by atoms with van der Waals surface area (Å²) in [6.45, 7) is 10.9. The van der Waals surface area contributed by atoms with Gasteiger partial charge in [0.15, 0.2) is 5.11 Å². The molecule has 3 heterocycles. The van der Waals surface area contributed by atoms with Crippen LogP contribution in [0.15, 0.2) is 72.9 Å². The number of nitrogens with zero attached hydrogens (tertiary/aromatic N) is 3. The van der Waals surface area contributed by atoms with Crippen LogP contribution in [0.25, 0.3) is 5.69 Å². The van der Waals surface area contributed by atoms with Crippen LogP contribution in [0.2, 0.25) is 0 Å². The highest BCUT2D eigenvalue weighted by molar-refractivity contribution is 7.80. The second-order valence-corrected chi connectivity index (χ2v) is 10.8. The molecule has 6 nitrogen and oxygen atoms in total. The highest BCUT2D eigenvalue weighted by atomic mass is 32.1. The molecule has 7 heteroatoms. The summed E-state index contributed by atoms with van der Waals surface area (Å²) >= 11 is 5.86. The van der Waals surface area contributed by atoms with Gasteiger partial charge in [-0.3, -0.25) is 9.78 Å². The molecule has 39 heavy (non-hydrogen) atoms. The van der Waals surface area contributed by atoms with Gasteiger partial charge in [0.1, 0.15) is 0 Å². The Morgan fingerprint density at radius 2 is 1.77 bits per heavy atom. The lowest BCUT2D eigenvalue weighted by molar-refractivity contribution is -0.116. The number of aryl methyl sites for hydroxylation is 4. The van der Waals surface area contributed by atoms with Gasteiger partial charge in [0.25, 0.3) is 0 Å². The van der Waals surface area contributed by atoms with E-state index in [4.69, 9.17) is 12.2 Å². The lowest BCUT2D eigenvalue weighted by Crippen LogP contribution is -2.33. The predicted octanol–water partition coefficient (Wildman–Crippen LogP) is 6.42. The lowest BCUT2D eigenvalue weighted by Gasteiger charge is -2.28. The standard InChI is InChI=1S/C32H35N5OS/c1-20-9-8-10-25(17-20)37-23(4)19-26(24(37)5)31-30(27-11-6-7-15-33-27)35-32(39)36(31)16-14-29(38)34-28-18-21(2)12-13-22(28)3/h6-13,15,17-19,30-31H,14,16H2,1-5H3,(H,34,38)(H,35,39)/t30-,31+/m1/s1. The van der Waals surface area contributed by atoms with Crippen molar-refractivity contribution in [1.29, 1.82) is 0 Å². The third-order valence-corrected chi connectivity index (χ3v) is 7.85. The van der Waals surface area contributed by atoms with Crippen molar-refractivity contribution < 1.29 is 4.79 Å². The monoisotopic (exact) mass is 537 g/mol. The zero-order chi connectivity index (χ0) is 27.7. The van der Waals surface area contributed by atoms with E-state index in [9.17, 15) is 4.79 Å². The fraction of sp³-hybridized carbons (Fsp3) is 0.281. The van der Waals surface area contributed by atoms with E-state index in [0.29, 0.717) is 18.1 Å². The third-order valence-electron chi connectivity index (χ3n) is 7.49. The molecule has 2 atom stereocenters. The highest BCUT2D eigenvalue weighted by Gasteiger charge is 2.41. The van der Waals surface area contributed by atoms with E-state index in [1.807, 2.05) is 50.4 Å². The summed E-state index contributed by atoms with van der Waals surface area (Å²) in [4.78, 5) is 19.9. The van der Waals surface area contributed by atoms with Gasteiger partial charge in [0, 0.05) is 41.9 Å². The molecule has 0 bridgehead atoms. The van der Waals surface area contributed by atoms with Gasteiger partial charge >= 0.3 is 0 Å². The molecule has 4 aromatic rings. The smallest absolute Gasteiger partial charge is 0.226 e. The quantitative estimate of drug-likeness (QED) is 0.267. The summed E-state index contributed by atoms with van der Waals surface area (Å²) in [6.07, 6.45) is 2.13. The van der Waals surface area contributed by atoms with Crippen molar-refractivity contribution in [2.45, 2.75) is 53.1 Å². The second-order valence-electron chi connectivity index (χ2n) is 10.4. The first kappa shape index (κ1) is 26.6. The van der Waals surface area contributed by atoms with Gasteiger partial charge in [0.05, 0.1) is 17.8 Å². The predicted molar refractivity (Wildman–Crippen MR) is 161 cm³/mol. The van der Waals surface area contributed by atoms with Gasteiger partial charge in [0.2, 0.25) is 5.91 Å². The Labute approximate surface area is 236 Å². The van der Waals surface area contributed by atoms with Crippen molar-refractivity contribution in [2.24, 2.45) is 0 Å². The number of thiocarbonyl (C=S) groups is 1. The van der Waals surface area contributed by atoms with Crippen molar-refractivity contribution >= 4 is 28.9 Å². The van der Waals surface area contributed by atoms with E-state index in [0.717, 1.165) is 39.6 Å². The Kier molecular flexibility index (Phi) is 7.53. The number of hydrogen-bond acceptors (Lipinski definition) is 3. The van der Waals surface area contributed by atoms with E-state index in [2.05, 4.69) is 82.3 Å². The molecular weight excluding hydrogens is 502 g/mol. The molecule has 200 valence electrons. The van der Waals surface area contributed by atoms with Crippen LogP contribution < -0.4 is 10.6 Å². The van der Waals surface area contributed by atoms with Gasteiger partial charge in [-0.25, -0.2) is 0 Å². The molecule has 1 amide bonds. The summed E-state index contributed by atoms with van der Waals surface area (Å²) in [5.74, 6) is -0.0308. The molecule has 5 rings (SSSR count). The van der Waals surface area contributed by atoms with Crippen LogP contribution in [0.5, 0.6) is 0 Å². The molecule has 1 saturated heterocycles. The van der Waals surface area contributed by atoms with E-state index in [1.165, 1.54) is 11.1 Å². The van der Waals surface area contributed by atoms with Crippen LogP contribution in [0, 0.1) is 34.6 Å². The minimum Gasteiger partial charge on any atom is -0.352 e. The van der Waals surface area contributed by atoms with Crippen molar-refractivity contribution in [3.05, 3.63) is 112 Å². The molecule has 2 aromatic carbocycles. The van der Waals surface area contributed by atoms with Crippen LogP contribution in [-0.4, -0.2) is 32.0 Å². The van der Waals surface area contributed by atoms with Gasteiger partial charge in [-0.05, 0) is 105 Å². The van der Waals surface area contributed by atoms with Crippen molar-refractivity contribution in [3.63, 3.8) is 0 Å². The Balaban J connectivity index is 1.47. The number of aromatic nitrogens is 2. The molecule has 2 N–H and O–H groups in total. The van der Waals surface area contributed by atoms with Crippen molar-refractivity contribution in [1.82, 2.24) is 19.8 Å². The average Bonchev–Trinajstić information content (AvgIpc) is 3.39. The fourth-order valence-corrected chi connectivity index (χ4v) is 5.87. The van der Waals surface area contributed by atoms with Crippen molar-refractivity contribution in [2.75, 3.05) is 11.9 Å². The number of amides is 1.